The van der Waals surface area contributed by atoms with Crippen LogP contribution in [0, 0.1) is 5.41 Å². The predicted octanol–water partition coefficient (Wildman–Crippen LogP) is 2.72. The lowest BCUT2D eigenvalue weighted by Gasteiger charge is -2.25. The zero-order chi connectivity index (χ0) is 22.8. The van der Waals surface area contributed by atoms with Gasteiger partial charge in [0.1, 0.15) is 6.61 Å². The summed E-state index contributed by atoms with van der Waals surface area (Å²) in [4.78, 5) is 24.3. The van der Waals surface area contributed by atoms with E-state index in [1.54, 1.807) is 38.1 Å². The number of fused-ring (bicyclic) bond motifs is 1. The minimum Gasteiger partial charge on any atom is -0.493 e. The molecule has 31 heavy (non-hydrogen) atoms. The first-order valence-electron chi connectivity index (χ1n) is 9.80. The molecule has 0 saturated carbocycles. The van der Waals surface area contributed by atoms with Gasteiger partial charge in [0.2, 0.25) is 5.75 Å². The van der Waals surface area contributed by atoms with Gasteiger partial charge in [-0.25, -0.2) is 0 Å². The Kier molecular flexibility index (Phi) is 6.52. The number of aliphatic hydroxyl groups is 2. The summed E-state index contributed by atoms with van der Waals surface area (Å²) in [6.07, 6.45) is 1.01. The van der Waals surface area contributed by atoms with Crippen LogP contribution in [-0.4, -0.2) is 49.3 Å². The number of hydrogen-bond acceptors (Lipinski definition) is 8. The van der Waals surface area contributed by atoms with E-state index in [0.29, 0.717) is 24.0 Å². The summed E-state index contributed by atoms with van der Waals surface area (Å²) in [6, 6.07) is 8.78. The number of rotatable bonds is 8. The highest BCUT2D eigenvalue weighted by molar-refractivity contribution is 6.02. The maximum absolute atomic E-state index is 12.2. The fourth-order valence-corrected chi connectivity index (χ4v) is 3.61. The molecule has 3 rings (SSSR count). The number of ketones is 1. The number of carbonyl (C=O) groups is 2. The smallest absolute Gasteiger partial charge is 0.314 e. The Hall–Kier alpha value is -3.10. The molecule has 2 N–H and O–H groups in total. The summed E-state index contributed by atoms with van der Waals surface area (Å²) in [5.41, 5.74) is 1.88. The van der Waals surface area contributed by atoms with Gasteiger partial charge in [-0.1, -0.05) is 18.2 Å². The van der Waals surface area contributed by atoms with Gasteiger partial charge in [0.05, 0.1) is 19.6 Å². The number of carbonyl (C=O) groups excluding carboxylic acids is 2. The van der Waals surface area contributed by atoms with Crippen molar-refractivity contribution >= 4 is 11.8 Å². The summed E-state index contributed by atoms with van der Waals surface area (Å²) in [5, 5.41) is 18.9. The molecular formula is C23H26O8. The number of benzene rings is 2. The Balaban J connectivity index is 2.16. The Morgan fingerprint density at radius 3 is 2.39 bits per heavy atom. The largest absolute Gasteiger partial charge is 0.493 e. The molecule has 0 aromatic heterocycles. The van der Waals surface area contributed by atoms with Gasteiger partial charge in [0.15, 0.2) is 17.3 Å². The quantitative estimate of drug-likeness (QED) is 0.486. The molecule has 0 spiro atoms. The van der Waals surface area contributed by atoms with Crippen LogP contribution in [0.5, 0.6) is 17.2 Å². The minimum absolute atomic E-state index is 0.0300. The van der Waals surface area contributed by atoms with Crippen molar-refractivity contribution in [3.8, 4) is 28.4 Å². The third-order valence-corrected chi connectivity index (χ3v) is 5.20. The van der Waals surface area contributed by atoms with Crippen molar-refractivity contribution in [2.75, 3.05) is 20.8 Å². The Bertz CT molecular complexity index is 993. The monoisotopic (exact) mass is 430 g/mol. The molecule has 0 aliphatic heterocycles. The van der Waals surface area contributed by atoms with Crippen molar-refractivity contribution in [3.05, 3.63) is 41.5 Å². The van der Waals surface area contributed by atoms with Crippen LogP contribution in [0.2, 0.25) is 0 Å². The standard InChI is InChI=1S/C23H26O8/c1-23(2,21(25)29-4)12-30-19-16(9-11-18(28-3)20(19)31-22(26)27)13-6-5-7-15-14(13)8-10-17(15)24/h5-7,9,11,22,26-27H,8,10,12H2,1-4H3. The molecule has 0 amide bonds. The van der Waals surface area contributed by atoms with Crippen LogP contribution in [0.15, 0.2) is 30.3 Å². The van der Waals surface area contributed by atoms with Crippen LogP contribution in [-0.2, 0) is 16.0 Å². The molecule has 166 valence electrons. The number of esters is 1. The molecule has 0 saturated heterocycles. The lowest BCUT2D eigenvalue weighted by molar-refractivity contribution is -0.181. The molecule has 2 aromatic rings. The van der Waals surface area contributed by atoms with Crippen LogP contribution in [0.4, 0.5) is 0 Å². The van der Waals surface area contributed by atoms with Crippen LogP contribution in [0.25, 0.3) is 11.1 Å². The van der Waals surface area contributed by atoms with Gasteiger partial charge in [-0.2, -0.15) is 0 Å². The van der Waals surface area contributed by atoms with Crippen molar-refractivity contribution in [2.24, 2.45) is 5.41 Å². The minimum atomic E-state index is -2.12. The van der Waals surface area contributed by atoms with E-state index < -0.39 is 17.9 Å². The van der Waals surface area contributed by atoms with Gasteiger partial charge < -0.3 is 29.2 Å². The van der Waals surface area contributed by atoms with Crippen molar-refractivity contribution in [2.45, 2.75) is 33.2 Å². The highest BCUT2D eigenvalue weighted by atomic mass is 16.7. The molecule has 0 bridgehead atoms. The summed E-state index contributed by atoms with van der Waals surface area (Å²) in [7, 11) is 2.70. The van der Waals surface area contributed by atoms with Crippen molar-refractivity contribution in [1.82, 2.24) is 0 Å². The molecule has 0 radical (unpaired) electrons. The van der Waals surface area contributed by atoms with E-state index in [9.17, 15) is 19.8 Å². The van der Waals surface area contributed by atoms with Crippen LogP contribution in [0.3, 0.4) is 0 Å². The Morgan fingerprint density at radius 1 is 1.03 bits per heavy atom. The van der Waals surface area contributed by atoms with Crippen LogP contribution < -0.4 is 14.2 Å². The molecule has 8 heteroatoms. The van der Waals surface area contributed by atoms with Crippen LogP contribution in [0.1, 0.15) is 36.2 Å². The molecule has 2 aromatic carbocycles. The normalized spacial score (nSPS) is 13.2. The van der Waals surface area contributed by atoms with E-state index in [2.05, 4.69) is 0 Å². The van der Waals surface area contributed by atoms with E-state index in [-0.39, 0.29) is 29.6 Å². The first-order valence-corrected chi connectivity index (χ1v) is 9.80. The first kappa shape index (κ1) is 22.6. The lowest BCUT2D eigenvalue weighted by Crippen LogP contribution is -2.32. The second kappa shape index (κ2) is 8.95. The lowest BCUT2D eigenvalue weighted by atomic mass is 9.94. The second-order valence-electron chi connectivity index (χ2n) is 7.84. The summed E-state index contributed by atoms with van der Waals surface area (Å²) in [6.45, 7) is 1.13. The van der Waals surface area contributed by atoms with Gasteiger partial charge in [0, 0.05) is 17.5 Å². The third-order valence-electron chi connectivity index (χ3n) is 5.20. The molecule has 0 heterocycles. The Labute approximate surface area is 180 Å². The highest BCUT2D eigenvalue weighted by Crippen LogP contribution is 2.47. The molecule has 0 atom stereocenters. The van der Waals surface area contributed by atoms with Crippen molar-refractivity contribution in [1.29, 1.82) is 0 Å². The maximum Gasteiger partial charge on any atom is 0.314 e. The number of aliphatic hydroxyl groups excluding tert-OH is 1. The molecular weight excluding hydrogens is 404 g/mol. The van der Waals surface area contributed by atoms with E-state index in [1.165, 1.54) is 14.2 Å². The topological polar surface area (TPSA) is 112 Å². The predicted molar refractivity (Wildman–Crippen MR) is 111 cm³/mol. The maximum atomic E-state index is 12.2. The van der Waals surface area contributed by atoms with Gasteiger partial charge in [-0.3, -0.25) is 9.59 Å². The number of ether oxygens (including phenoxy) is 4. The molecule has 0 unspecified atom stereocenters. The molecule has 1 aliphatic carbocycles. The Morgan fingerprint density at radius 2 is 1.74 bits per heavy atom. The summed E-state index contributed by atoms with van der Waals surface area (Å²) in [5.74, 6) is -0.0455. The molecule has 1 aliphatic rings. The summed E-state index contributed by atoms with van der Waals surface area (Å²) >= 11 is 0. The fourth-order valence-electron chi connectivity index (χ4n) is 3.61. The average Bonchev–Trinajstić information content (AvgIpc) is 3.12. The van der Waals surface area contributed by atoms with E-state index >= 15 is 0 Å². The van der Waals surface area contributed by atoms with E-state index in [1.807, 2.05) is 6.07 Å². The first-order chi connectivity index (χ1) is 14.7. The van der Waals surface area contributed by atoms with Gasteiger partial charge in [-0.15, -0.1) is 0 Å². The van der Waals surface area contributed by atoms with Gasteiger partial charge in [-0.05, 0) is 43.5 Å². The third kappa shape index (κ3) is 4.50. The number of hydrogen-bond donors (Lipinski definition) is 2. The van der Waals surface area contributed by atoms with E-state index in [4.69, 9.17) is 18.9 Å². The fraction of sp³-hybridized carbons (Fsp3) is 0.391. The van der Waals surface area contributed by atoms with Crippen LogP contribution >= 0.6 is 0 Å². The van der Waals surface area contributed by atoms with Crippen molar-refractivity contribution < 1.29 is 38.7 Å². The number of Topliss-reactive ketones (excluding diaryl/α,β-unsaturated/α-hetero) is 1. The number of methoxy groups -OCH3 is 2. The second-order valence-corrected chi connectivity index (χ2v) is 7.84. The van der Waals surface area contributed by atoms with Crippen molar-refractivity contribution in [3.63, 3.8) is 0 Å². The SMILES string of the molecule is COC(=O)C(C)(C)COc1c(-c2cccc3c2CCC3=O)ccc(OC)c1OC(O)O. The average molecular weight is 430 g/mol. The zero-order valence-electron chi connectivity index (χ0n) is 17.9. The van der Waals surface area contributed by atoms with Gasteiger partial charge in [0.25, 0.3) is 0 Å². The summed E-state index contributed by atoms with van der Waals surface area (Å²) < 4.78 is 21.4. The molecule has 8 nitrogen and oxygen atoms in total. The zero-order valence-corrected chi connectivity index (χ0v) is 17.9. The molecule has 0 fully saturated rings. The van der Waals surface area contributed by atoms with Gasteiger partial charge >= 0.3 is 12.4 Å². The highest BCUT2D eigenvalue weighted by Gasteiger charge is 2.32. The van der Waals surface area contributed by atoms with E-state index in [0.717, 1.165) is 11.1 Å².